The molecule has 0 aromatic heterocycles. The van der Waals surface area contributed by atoms with Crippen LogP contribution < -0.4 is 5.32 Å². The molecule has 18 heavy (non-hydrogen) atoms. The molecule has 0 heterocycles. The van der Waals surface area contributed by atoms with Crippen LogP contribution in [0.25, 0.3) is 10.8 Å². The SMILES string of the molecule is CCCNC(C)C(C)c1cccc2ccccc12. The Morgan fingerprint density at radius 2 is 1.72 bits per heavy atom. The van der Waals surface area contributed by atoms with Crippen LogP contribution in [0.15, 0.2) is 42.5 Å². The summed E-state index contributed by atoms with van der Waals surface area (Å²) in [6.45, 7) is 7.90. The fourth-order valence-electron chi connectivity index (χ4n) is 2.47. The molecule has 0 aliphatic rings. The van der Waals surface area contributed by atoms with Crippen LogP contribution in [0.5, 0.6) is 0 Å². The van der Waals surface area contributed by atoms with Crippen molar-refractivity contribution in [2.75, 3.05) is 6.54 Å². The first kappa shape index (κ1) is 13.1. The molecule has 0 saturated carbocycles. The largest absolute Gasteiger partial charge is 0.314 e. The molecular weight excluding hydrogens is 218 g/mol. The Morgan fingerprint density at radius 1 is 1.00 bits per heavy atom. The third-order valence-corrected chi connectivity index (χ3v) is 3.78. The second-order valence-corrected chi connectivity index (χ2v) is 5.10. The van der Waals surface area contributed by atoms with Crippen LogP contribution in [0.1, 0.15) is 38.7 Å². The lowest BCUT2D eigenvalue weighted by molar-refractivity contribution is 0.483. The predicted octanol–water partition coefficient (Wildman–Crippen LogP) is 4.33. The number of hydrogen-bond donors (Lipinski definition) is 1. The van der Waals surface area contributed by atoms with Gasteiger partial charge in [0.05, 0.1) is 0 Å². The maximum absolute atomic E-state index is 3.60. The van der Waals surface area contributed by atoms with Crippen molar-refractivity contribution in [3.8, 4) is 0 Å². The van der Waals surface area contributed by atoms with Gasteiger partial charge in [-0.3, -0.25) is 0 Å². The molecule has 0 saturated heterocycles. The minimum Gasteiger partial charge on any atom is -0.314 e. The monoisotopic (exact) mass is 241 g/mol. The molecule has 2 rings (SSSR count). The maximum atomic E-state index is 3.60. The van der Waals surface area contributed by atoms with Gasteiger partial charge < -0.3 is 5.32 Å². The maximum Gasteiger partial charge on any atom is 0.0105 e. The van der Waals surface area contributed by atoms with E-state index in [0.717, 1.165) is 6.54 Å². The fraction of sp³-hybridized carbons (Fsp3) is 0.412. The van der Waals surface area contributed by atoms with Gasteiger partial charge in [0.1, 0.15) is 0 Å². The molecule has 2 atom stereocenters. The molecule has 2 unspecified atom stereocenters. The summed E-state index contributed by atoms with van der Waals surface area (Å²) in [7, 11) is 0. The highest BCUT2D eigenvalue weighted by atomic mass is 14.9. The van der Waals surface area contributed by atoms with E-state index in [9.17, 15) is 0 Å². The van der Waals surface area contributed by atoms with Crippen LogP contribution in [0, 0.1) is 0 Å². The topological polar surface area (TPSA) is 12.0 Å². The molecule has 0 fully saturated rings. The van der Waals surface area contributed by atoms with Gasteiger partial charge in [-0.2, -0.15) is 0 Å². The van der Waals surface area contributed by atoms with Crippen molar-refractivity contribution in [1.82, 2.24) is 5.32 Å². The van der Waals surface area contributed by atoms with Gasteiger partial charge in [-0.25, -0.2) is 0 Å². The summed E-state index contributed by atoms with van der Waals surface area (Å²) in [5.41, 5.74) is 1.45. The number of fused-ring (bicyclic) bond motifs is 1. The van der Waals surface area contributed by atoms with Gasteiger partial charge in [-0.05, 0) is 42.1 Å². The first-order valence-electron chi connectivity index (χ1n) is 6.95. The van der Waals surface area contributed by atoms with E-state index < -0.39 is 0 Å². The highest BCUT2D eigenvalue weighted by Gasteiger charge is 2.15. The fourth-order valence-corrected chi connectivity index (χ4v) is 2.47. The van der Waals surface area contributed by atoms with E-state index in [1.165, 1.54) is 22.8 Å². The predicted molar refractivity (Wildman–Crippen MR) is 80.1 cm³/mol. The molecule has 0 amide bonds. The van der Waals surface area contributed by atoms with E-state index in [0.29, 0.717) is 12.0 Å². The molecule has 1 nitrogen and oxygen atoms in total. The third kappa shape index (κ3) is 2.73. The first-order valence-corrected chi connectivity index (χ1v) is 6.95. The van der Waals surface area contributed by atoms with Crippen LogP contribution in [0.4, 0.5) is 0 Å². The second kappa shape index (κ2) is 6.01. The summed E-state index contributed by atoms with van der Waals surface area (Å²) < 4.78 is 0. The lowest BCUT2D eigenvalue weighted by atomic mass is 9.90. The standard InChI is InChI=1S/C17H23N/c1-4-12-18-14(3)13(2)16-11-7-9-15-8-5-6-10-17(15)16/h5-11,13-14,18H,4,12H2,1-3H3. The quantitative estimate of drug-likeness (QED) is 0.821. The van der Waals surface area contributed by atoms with Crippen LogP contribution in [0.3, 0.4) is 0 Å². The van der Waals surface area contributed by atoms with Crippen LogP contribution in [-0.4, -0.2) is 12.6 Å². The van der Waals surface area contributed by atoms with E-state index in [1.54, 1.807) is 0 Å². The molecule has 0 spiro atoms. The van der Waals surface area contributed by atoms with Gasteiger partial charge in [0.25, 0.3) is 0 Å². The molecule has 96 valence electrons. The molecule has 2 aromatic carbocycles. The van der Waals surface area contributed by atoms with Crippen molar-refractivity contribution in [1.29, 1.82) is 0 Å². The highest BCUT2D eigenvalue weighted by molar-refractivity contribution is 5.86. The Labute approximate surface area is 110 Å². The Bertz CT molecular complexity index is 498. The summed E-state index contributed by atoms with van der Waals surface area (Å²) in [5.74, 6) is 0.530. The Morgan fingerprint density at radius 3 is 2.50 bits per heavy atom. The van der Waals surface area contributed by atoms with E-state index in [2.05, 4.69) is 68.6 Å². The minimum absolute atomic E-state index is 0.510. The second-order valence-electron chi connectivity index (χ2n) is 5.10. The third-order valence-electron chi connectivity index (χ3n) is 3.78. The van der Waals surface area contributed by atoms with Gasteiger partial charge in [-0.15, -0.1) is 0 Å². The number of nitrogens with one attached hydrogen (secondary N) is 1. The lowest BCUT2D eigenvalue weighted by Gasteiger charge is -2.23. The van der Waals surface area contributed by atoms with E-state index in [-0.39, 0.29) is 0 Å². The number of rotatable bonds is 5. The zero-order valence-corrected chi connectivity index (χ0v) is 11.6. The smallest absolute Gasteiger partial charge is 0.0105 e. The number of benzene rings is 2. The van der Waals surface area contributed by atoms with E-state index in [1.807, 2.05) is 0 Å². The molecule has 1 N–H and O–H groups in total. The van der Waals surface area contributed by atoms with Crippen molar-refractivity contribution in [2.24, 2.45) is 0 Å². The van der Waals surface area contributed by atoms with Gasteiger partial charge in [-0.1, -0.05) is 56.3 Å². The number of hydrogen-bond acceptors (Lipinski definition) is 1. The zero-order chi connectivity index (χ0) is 13.0. The Hall–Kier alpha value is -1.34. The molecule has 0 aliphatic heterocycles. The molecule has 0 radical (unpaired) electrons. The summed E-state index contributed by atoms with van der Waals surface area (Å²) in [5, 5.41) is 6.32. The molecular formula is C17H23N. The normalized spacial score (nSPS) is 14.6. The highest BCUT2D eigenvalue weighted by Crippen LogP contribution is 2.27. The van der Waals surface area contributed by atoms with Crippen molar-refractivity contribution in [3.05, 3.63) is 48.0 Å². The van der Waals surface area contributed by atoms with E-state index >= 15 is 0 Å². The summed E-state index contributed by atoms with van der Waals surface area (Å²) in [4.78, 5) is 0. The Kier molecular flexibility index (Phi) is 4.38. The summed E-state index contributed by atoms with van der Waals surface area (Å²) in [6.07, 6.45) is 1.19. The molecule has 2 aromatic rings. The van der Waals surface area contributed by atoms with Crippen molar-refractivity contribution in [3.63, 3.8) is 0 Å². The van der Waals surface area contributed by atoms with E-state index in [4.69, 9.17) is 0 Å². The van der Waals surface area contributed by atoms with Gasteiger partial charge >= 0.3 is 0 Å². The zero-order valence-electron chi connectivity index (χ0n) is 11.6. The van der Waals surface area contributed by atoms with Crippen molar-refractivity contribution in [2.45, 2.75) is 39.2 Å². The average Bonchev–Trinajstić information content (AvgIpc) is 2.43. The van der Waals surface area contributed by atoms with Crippen LogP contribution in [-0.2, 0) is 0 Å². The van der Waals surface area contributed by atoms with Gasteiger partial charge in [0.15, 0.2) is 0 Å². The molecule has 1 heteroatoms. The molecule has 0 bridgehead atoms. The average molecular weight is 241 g/mol. The van der Waals surface area contributed by atoms with Crippen molar-refractivity contribution < 1.29 is 0 Å². The molecule has 0 aliphatic carbocycles. The van der Waals surface area contributed by atoms with Crippen LogP contribution in [0.2, 0.25) is 0 Å². The first-order chi connectivity index (χ1) is 8.74. The summed E-state index contributed by atoms with van der Waals surface area (Å²) in [6, 6.07) is 15.8. The Balaban J connectivity index is 2.29. The van der Waals surface area contributed by atoms with Crippen molar-refractivity contribution >= 4 is 10.8 Å². The van der Waals surface area contributed by atoms with Gasteiger partial charge in [0, 0.05) is 6.04 Å². The minimum atomic E-state index is 0.510. The summed E-state index contributed by atoms with van der Waals surface area (Å²) >= 11 is 0. The van der Waals surface area contributed by atoms with Gasteiger partial charge in [0.2, 0.25) is 0 Å². The van der Waals surface area contributed by atoms with Crippen LogP contribution >= 0.6 is 0 Å². The lowest BCUT2D eigenvalue weighted by Crippen LogP contribution is -2.31.